The first kappa shape index (κ1) is 16.0. The fourth-order valence-electron chi connectivity index (χ4n) is 1.92. The molecule has 2 aromatic rings. The second kappa shape index (κ2) is 6.58. The Labute approximate surface area is 129 Å². The molecule has 0 unspecified atom stereocenters. The van der Waals surface area contributed by atoms with E-state index in [4.69, 9.17) is 16.7 Å². The molecule has 21 heavy (non-hydrogen) atoms. The molecular formula is C15H16ClNO3S. The van der Waals surface area contributed by atoms with Crippen LogP contribution >= 0.6 is 11.6 Å². The Kier molecular flexibility index (Phi) is 5.00. The quantitative estimate of drug-likeness (QED) is 0.919. The number of hydrogen-bond donors (Lipinski definition) is 1. The highest BCUT2D eigenvalue weighted by atomic mass is 35.5. The Morgan fingerprint density at radius 1 is 1.10 bits per heavy atom. The van der Waals surface area contributed by atoms with Crippen molar-refractivity contribution >= 4 is 21.6 Å². The lowest BCUT2D eigenvalue weighted by molar-refractivity contribution is 0.281. The second-order valence-corrected chi connectivity index (χ2v) is 7.17. The first-order valence-electron chi connectivity index (χ1n) is 6.34. The molecule has 2 aromatic carbocycles. The average Bonchev–Trinajstić information content (AvgIpc) is 2.47. The lowest BCUT2D eigenvalue weighted by Crippen LogP contribution is -2.26. The van der Waals surface area contributed by atoms with Gasteiger partial charge in [0.2, 0.25) is 10.0 Å². The minimum Gasteiger partial charge on any atom is -0.392 e. The van der Waals surface area contributed by atoms with E-state index in [1.165, 1.54) is 23.5 Å². The summed E-state index contributed by atoms with van der Waals surface area (Å²) < 4.78 is 26.2. The van der Waals surface area contributed by atoms with Gasteiger partial charge in [0, 0.05) is 18.6 Å². The normalized spacial score (nSPS) is 11.8. The number of aliphatic hydroxyl groups excluding tert-OH is 1. The van der Waals surface area contributed by atoms with E-state index in [2.05, 4.69) is 0 Å². The van der Waals surface area contributed by atoms with Crippen LogP contribution in [0.2, 0.25) is 5.02 Å². The fourth-order valence-corrected chi connectivity index (χ4v) is 3.30. The van der Waals surface area contributed by atoms with Crippen molar-refractivity contribution in [2.75, 3.05) is 7.05 Å². The van der Waals surface area contributed by atoms with Crippen LogP contribution in [-0.4, -0.2) is 24.9 Å². The molecule has 0 bridgehead atoms. The second-order valence-electron chi connectivity index (χ2n) is 4.69. The van der Waals surface area contributed by atoms with Gasteiger partial charge in [-0.15, -0.1) is 0 Å². The molecule has 6 heteroatoms. The molecule has 0 saturated carbocycles. The number of nitrogens with zero attached hydrogens (tertiary/aromatic N) is 1. The van der Waals surface area contributed by atoms with Gasteiger partial charge in [-0.2, -0.15) is 4.31 Å². The summed E-state index contributed by atoms with van der Waals surface area (Å²) in [6.45, 7) is 0.128. The maximum Gasteiger partial charge on any atom is 0.243 e. The molecule has 4 nitrogen and oxygen atoms in total. The van der Waals surface area contributed by atoms with Crippen molar-refractivity contribution in [3.63, 3.8) is 0 Å². The molecule has 0 heterocycles. The number of sulfonamides is 1. The summed E-state index contributed by atoms with van der Waals surface area (Å²) in [5.74, 6) is 0. The third-order valence-electron chi connectivity index (χ3n) is 3.11. The Balaban J connectivity index is 2.21. The van der Waals surface area contributed by atoms with Crippen molar-refractivity contribution in [3.05, 3.63) is 64.7 Å². The third-order valence-corrected chi connectivity index (χ3v) is 5.16. The van der Waals surface area contributed by atoms with Crippen molar-refractivity contribution in [1.29, 1.82) is 0 Å². The smallest absolute Gasteiger partial charge is 0.243 e. The van der Waals surface area contributed by atoms with E-state index in [0.29, 0.717) is 10.6 Å². The zero-order valence-electron chi connectivity index (χ0n) is 11.5. The average molecular weight is 326 g/mol. The molecule has 0 amide bonds. The Hall–Kier alpha value is -1.40. The molecule has 0 spiro atoms. The largest absolute Gasteiger partial charge is 0.392 e. The van der Waals surface area contributed by atoms with Gasteiger partial charge in [-0.25, -0.2) is 8.42 Å². The van der Waals surface area contributed by atoms with Crippen LogP contribution in [0.4, 0.5) is 0 Å². The Morgan fingerprint density at radius 3 is 2.33 bits per heavy atom. The number of halogens is 1. The molecule has 0 fully saturated rings. The van der Waals surface area contributed by atoms with Crippen LogP contribution in [0.3, 0.4) is 0 Å². The van der Waals surface area contributed by atoms with E-state index in [9.17, 15) is 8.42 Å². The lowest BCUT2D eigenvalue weighted by atomic mass is 10.2. The van der Waals surface area contributed by atoms with E-state index in [0.717, 1.165) is 5.56 Å². The first-order valence-corrected chi connectivity index (χ1v) is 8.16. The fraction of sp³-hybridized carbons (Fsp3) is 0.200. The predicted molar refractivity (Wildman–Crippen MR) is 82.5 cm³/mol. The van der Waals surface area contributed by atoms with E-state index in [1.807, 2.05) is 6.07 Å². The molecule has 0 atom stereocenters. The van der Waals surface area contributed by atoms with Crippen LogP contribution in [0.1, 0.15) is 11.1 Å². The van der Waals surface area contributed by atoms with Gasteiger partial charge in [0.1, 0.15) is 0 Å². The van der Waals surface area contributed by atoms with Gasteiger partial charge in [0.15, 0.2) is 0 Å². The highest BCUT2D eigenvalue weighted by Gasteiger charge is 2.20. The summed E-state index contributed by atoms with van der Waals surface area (Å²) in [7, 11) is -2.04. The minimum absolute atomic E-state index is 0.112. The summed E-state index contributed by atoms with van der Waals surface area (Å²) in [4.78, 5) is 0.198. The van der Waals surface area contributed by atoms with Crippen LogP contribution in [0.5, 0.6) is 0 Å². The van der Waals surface area contributed by atoms with Gasteiger partial charge >= 0.3 is 0 Å². The summed E-state index contributed by atoms with van der Waals surface area (Å²) in [5, 5.41) is 9.56. The molecular weight excluding hydrogens is 310 g/mol. The molecule has 0 saturated heterocycles. The van der Waals surface area contributed by atoms with Crippen molar-refractivity contribution < 1.29 is 13.5 Å². The highest BCUT2D eigenvalue weighted by molar-refractivity contribution is 7.89. The number of aliphatic hydroxyl groups is 1. The monoisotopic (exact) mass is 325 g/mol. The molecule has 0 radical (unpaired) electrons. The maximum atomic E-state index is 12.5. The van der Waals surface area contributed by atoms with Crippen LogP contribution in [0.15, 0.2) is 53.4 Å². The van der Waals surface area contributed by atoms with Crippen LogP contribution < -0.4 is 0 Å². The van der Waals surface area contributed by atoms with Gasteiger partial charge in [0.25, 0.3) is 0 Å². The van der Waals surface area contributed by atoms with E-state index in [-0.39, 0.29) is 18.0 Å². The topological polar surface area (TPSA) is 57.6 Å². The maximum absolute atomic E-state index is 12.5. The zero-order chi connectivity index (χ0) is 15.5. The minimum atomic E-state index is -3.57. The highest BCUT2D eigenvalue weighted by Crippen LogP contribution is 2.19. The van der Waals surface area contributed by atoms with Crippen LogP contribution in [0.25, 0.3) is 0 Å². The number of hydrogen-bond acceptors (Lipinski definition) is 3. The summed E-state index contributed by atoms with van der Waals surface area (Å²) in [6.07, 6.45) is 0. The van der Waals surface area contributed by atoms with E-state index in [1.54, 1.807) is 30.3 Å². The van der Waals surface area contributed by atoms with Crippen LogP contribution in [-0.2, 0) is 23.2 Å². The van der Waals surface area contributed by atoms with Gasteiger partial charge in [0.05, 0.1) is 11.5 Å². The molecule has 0 aliphatic rings. The third kappa shape index (κ3) is 3.83. The molecule has 112 valence electrons. The zero-order valence-corrected chi connectivity index (χ0v) is 13.1. The number of benzene rings is 2. The SMILES string of the molecule is CN(Cc1cccc(Cl)c1)S(=O)(=O)c1ccc(CO)cc1. The lowest BCUT2D eigenvalue weighted by Gasteiger charge is -2.17. The Bertz CT molecular complexity index is 714. The summed E-state index contributed by atoms with van der Waals surface area (Å²) in [6, 6.07) is 13.3. The van der Waals surface area contributed by atoms with E-state index >= 15 is 0 Å². The van der Waals surface area contributed by atoms with Crippen molar-refractivity contribution in [1.82, 2.24) is 4.31 Å². The number of rotatable bonds is 5. The van der Waals surface area contributed by atoms with Crippen molar-refractivity contribution in [3.8, 4) is 0 Å². The molecule has 0 aromatic heterocycles. The van der Waals surface area contributed by atoms with Crippen molar-refractivity contribution in [2.45, 2.75) is 18.0 Å². The van der Waals surface area contributed by atoms with Gasteiger partial charge in [-0.05, 0) is 35.4 Å². The molecule has 2 rings (SSSR count). The standard InChI is InChI=1S/C15H16ClNO3S/c1-17(10-13-3-2-4-14(16)9-13)21(19,20)15-7-5-12(11-18)6-8-15/h2-9,18H,10-11H2,1H3. The summed E-state index contributed by atoms with van der Waals surface area (Å²) >= 11 is 5.90. The van der Waals surface area contributed by atoms with Gasteiger partial charge < -0.3 is 5.11 Å². The van der Waals surface area contributed by atoms with Gasteiger partial charge in [-0.3, -0.25) is 0 Å². The Morgan fingerprint density at radius 2 is 1.76 bits per heavy atom. The van der Waals surface area contributed by atoms with E-state index < -0.39 is 10.0 Å². The first-order chi connectivity index (χ1) is 9.93. The molecule has 0 aliphatic heterocycles. The van der Waals surface area contributed by atoms with Gasteiger partial charge in [-0.1, -0.05) is 35.9 Å². The molecule has 1 N–H and O–H groups in total. The van der Waals surface area contributed by atoms with Crippen molar-refractivity contribution in [2.24, 2.45) is 0 Å². The molecule has 0 aliphatic carbocycles. The van der Waals surface area contributed by atoms with Crippen LogP contribution in [0, 0.1) is 0 Å². The predicted octanol–water partition coefficient (Wildman–Crippen LogP) is 2.65. The summed E-state index contributed by atoms with van der Waals surface area (Å²) in [5.41, 5.74) is 1.49.